The van der Waals surface area contributed by atoms with E-state index in [1.807, 2.05) is 13.8 Å². The summed E-state index contributed by atoms with van der Waals surface area (Å²) in [5.74, 6) is -0.378. The van der Waals surface area contributed by atoms with Gasteiger partial charge >= 0.3 is 0 Å². The minimum atomic E-state index is -0.603. The van der Waals surface area contributed by atoms with Crippen molar-refractivity contribution in [3.8, 4) is 0 Å². The van der Waals surface area contributed by atoms with Crippen LogP contribution in [-0.2, 0) is 23.8 Å². The highest BCUT2D eigenvalue weighted by Gasteiger charge is 2.59. The second-order valence-corrected chi connectivity index (χ2v) is 5.33. The van der Waals surface area contributed by atoms with Crippen molar-refractivity contribution < 1.29 is 23.8 Å². The molecule has 4 heterocycles. The van der Waals surface area contributed by atoms with Crippen LogP contribution in [0.2, 0.25) is 0 Å². The summed E-state index contributed by atoms with van der Waals surface area (Å²) in [6.07, 6.45) is -0.831. The molecule has 5 atom stereocenters. The van der Waals surface area contributed by atoms with Gasteiger partial charge in [-0.15, -0.1) is 0 Å². The fourth-order valence-electron chi connectivity index (χ4n) is 2.91. The van der Waals surface area contributed by atoms with Crippen LogP contribution in [0.5, 0.6) is 0 Å². The molecule has 0 radical (unpaired) electrons. The van der Waals surface area contributed by atoms with Crippen molar-refractivity contribution in [2.45, 2.75) is 44.2 Å². The van der Waals surface area contributed by atoms with Gasteiger partial charge in [-0.3, -0.25) is 0 Å². The molecule has 0 aromatic rings. The van der Waals surface area contributed by atoms with E-state index in [4.69, 9.17) is 23.8 Å². The number of fused-ring (bicyclic) bond motifs is 5. The fourth-order valence-corrected chi connectivity index (χ4v) is 2.91. The number of ether oxygens (including phenoxy) is 4. The van der Waals surface area contributed by atoms with Gasteiger partial charge in [0.05, 0.1) is 18.2 Å². The lowest BCUT2D eigenvalue weighted by Crippen LogP contribution is -2.48. The summed E-state index contributed by atoms with van der Waals surface area (Å²) < 4.78 is 23.2. The van der Waals surface area contributed by atoms with E-state index in [9.17, 15) is 0 Å². The van der Waals surface area contributed by atoms with E-state index in [0.717, 1.165) is 5.71 Å². The lowest BCUT2D eigenvalue weighted by molar-refractivity contribution is -0.213. The Hall–Kier alpha value is -0.690. The van der Waals surface area contributed by atoms with Crippen LogP contribution in [0, 0.1) is 5.92 Å². The van der Waals surface area contributed by atoms with E-state index in [-0.39, 0.29) is 30.5 Å². The quantitative estimate of drug-likeness (QED) is 0.609. The maximum absolute atomic E-state index is 5.86. The van der Waals surface area contributed by atoms with Crippen LogP contribution in [0.15, 0.2) is 5.16 Å². The third-order valence-electron chi connectivity index (χ3n) is 3.64. The van der Waals surface area contributed by atoms with Gasteiger partial charge in [-0.25, -0.2) is 0 Å². The second kappa shape index (κ2) is 3.20. The molecule has 17 heavy (non-hydrogen) atoms. The largest absolute Gasteiger partial charge is 0.395 e. The molecule has 0 spiro atoms. The normalized spacial score (nSPS) is 50.2. The highest BCUT2D eigenvalue weighted by atomic mass is 16.8. The standard InChI is InChI=1S/C11H15NO5/c1-11(2)16-9-8-7(15-10(9)17-11)6-5(3-13-8)4-14-12-6/h5,7-10H,3-4H2,1-2H3/t5?,7?,8?,9-,10-/m1/s1. The van der Waals surface area contributed by atoms with Crippen molar-refractivity contribution in [1.29, 1.82) is 0 Å². The topological polar surface area (TPSA) is 58.5 Å². The summed E-state index contributed by atoms with van der Waals surface area (Å²) in [4.78, 5) is 5.11. The molecule has 4 aliphatic rings. The van der Waals surface area contributed by atoms with Gasteiger partial charge in [0.25, 0.3) is 0 Å². The predicted octanol–water partition coefficient (Wildman–Crippen LogP) is 0.264. The SMILES string of the molecule is CC1(C)O[C@H]2OC3C4=NOCC4COC3[C@H]2O1. The Kier molecular flexibility index (Phi) is 1.93. The smallest absolute Gasteiger partial charge is 0.190 e. The highest BCUT2D eigenvalue weighted by Crippen LogP contribution is 2.42. The molecule has 0 aromatic carbocycles. The van der Waals surface area contributed by atoms with E-state index >= 15 is 0 Å². The van der Waals surface area contributed by atoms with Gasteiger partial charge in [0, 0.05) is 0 Å². The van der Waals surface area contributed by atoms with Crippen LogP contribution >= 0.6 is 0 Å². The average molecular weight is 241 g/mol. The summed E-state index contributed by atoms with van der Waals surface area (Å²) in [6, 6.07) is 0. The van der Waals surface area contributed by atoms with Gasteiger partial charge < -0.3 is 23.8 Å². The zero-order valence-electron chi connectivity index (χ0n) is 9.79. The fraction of sp³-hybridized carbons (Fsp3) is 0.909. The van der Waals surface area contributed by atoms with E-state index in [1.54, 1.807) is 0 Å². The molecule has 6 nitrogen and oxygen atoms in total. The molecule has 6 heteroatoms. The monoisotopic (exact) mass is 241 g/mol. The maximum Gasteiger partial charge on any atom is 0.190 e. The summed E-state index contributed by atoms with van der Waals surface area (Å²) in [5.41, 5.74) is 0.945. The zero-order valence-corrected chi connectivity index (χ0v) is 9.79. The first-order valence-corrected chi connectivity index (χ1v) is 5.96. The molecule has 94 valence electrons. The number of nitrogens with zero attached hydrogens (tertiary/aromatic N) is 1. The van der Waals surface area contributed by atoms with E-state index in [1.165, 1.54) is 0 Å². The van der Waals surface area contributed by atoms with Crippen molar-refractivity contribution in [1.82, 2.24) is 0 Å². The Morgan fingerprint density at radius 1 is 1.18 bits per heavy atom. The first kappa shape index (κ1) is 10.3. The highest BCUT2D eigenvalue weighted by molar-refractivity contribution is 5.93. The molecular formula is C11H15NO5. The molecule has 0 aliphatic carbocycles. The van der Waals surface area contributed by atoms with Gasteiger partial charge in [0.1, 0.15) is 24.9 Å². The van der Waals surface area contributed by atoms with Crippen LogP contribution in [-0.4, -0.2) is 49.3 Å². The van der Waals surface area contributed by atoms with Gasteiger partial charge in [-0.1, -0.05) is 5.16 Å². The molecule has 0 saturated carbocycles. The number of hydrogen-bond donors (Lipinski definition) is 0. The molecule has 3 saturated heterocycles. The third-order valence-corrected chi connectivity index (χ3v) is 3.64. The minimum Gasteiger partial charge on any atom is -0.395 e. The Labute approximate surface area is 98.8 Å². The lowest BCUT2D eigenvalue weighted by atomic mass is 9.93. The number of rotatable bonds is 0. The molecule has 3 fully saturated rings. The zero-order chi connectivity index (χ0) is 11.6. The summed E-state index contributed by atoms with van der Waals surface area (Å²) in [5, 5.41) is 4.06. The lowest BCUT2D eigenvalue weighted by Gasteiger charge is -2.31. The van der Waals surface area contributed by atoms with Gasteiger partial charge in [0.15, 0.2) is 12.1 Å². The second-order valence-electron chi connectivity index (χ2n) is 5.33. The average Bonchev–Trinajstić information content (AvgIpc) is 2.88. The molecule has 4 aliphatic heterocycles. The Morgan fingerprint density at radius 3 is 2.94 bits per heavy atom. The van der Waals surface area contributed by atoms with Crippen LogP contribution in [0.4, 0.5) is 0 Å². The first-order chi connectivity index (χ1) is 8.14. The molecular weight excluding hydrogens is 226 g/mol. The van der Waals surface area contributed by atoms with E-state index < -0.39 is 5.79 Å². The molecule has 4 rings (SSSR count). The maximum atomic E-state index is 5.86. The number of hydrogen-bond acceptors (Lipinski definition) is 6. The Morgan fingerprint density at radius 2 is 2.06 bits per heavy atom. The van der Waals surface area contributed by atoms with Crippen molar-refractivity contribution in [2.75, 3.05) is 13.2 Å². The van der Waals surface area contributed by atoms with E-state index in [0.29, 0.717) is 13.2 Å². The molecule has 0 bridgehead atoms. The van der Waals surface area contributed by atoms with Crippen molar-refractivity contribution in [3.63, 3.8) is 0 Å². The van der Waals surface area contributed by atoms with Crippen molar-refractivity contribution in [2.24, 2.45) is 11.1 Å². The van der Waals surface area contributed by atoms with Crippen LogP contribution in [0.25, 0.3) is 0 Å². The summed E-state index contributed by atoms with van der Waals surface area (Å²) >= 11 is 0. The molecule has 0 N–H and O–H groups in total. The van der Waals surface area contributed by atoms with E-state index in [2.05, 4.69) is 5.16 Å². The summed E-state index contributed by atoms with van der Waals surface area (Å²) in [6.45, 7) is 4.97. The first-order valence-electron chi connectivity index (χ1n) is 5.96. The Bertz CT molecular complexity index is 382. The van der Waals surface area contributed by atoms with Crippen molar-refractivity contribution >= 4 is 5.71 Å². The van der Waals surface area contributed by atoms with Crippen LogP contribution < -0.4 is 0 Å². The van der Waals surface area contributed by atoms with Crippen molar-refractivity contribution in [3.05, 3.63) is 0 Å². The van der Waals surface area contributed by atoms with Crippen LogP contribution in [0.1, 0.15) is 13.8 Å². The minimum absolute atomic E-state index is 0.126. The third kappa shape index (κ3) is 1.38. The molecule has 0 amide bonds. The summed E-state index contributed by atoms with van der Waals surface area (Å²) in [7, 11) is 0. The molecule has 0 aromatic heterocycles. The van der Waals surface area contributed by atoms with Gasteiger partial charge in [0.2, 0.25) is 0 Å². The molecule has 3 unspecified atom stereocenters. The van der Waals surface area contributed by atoms with Crippen LogP contribution in [0.3, 0.4) is 0 Å². The van der Waals surface area contributed by atoms with Gasteiger partial charge in [-0.05, 0) is 13.8 Å². The number of oxime groups is 1. The predicted molar refractivity (Wildman–Crippen MR) is 55.3 cm³/mol. The van der Waals surface area contributed by atoms with Gasteiger partial charge in [-0.2, -0.15) is 0 Å². The Balaban J connectivity index is 1.61.